The first kappa shape index (κ1) is 17.5. The Bertz CT molecular complexity index is 551. The largest absolute Gasteiger partial charge is 0.366 e. The van der Waals surface area contributed by atoms with Crippen molar-refractivity contribution >= 4 is 11.8 Å². The molecule has 0 aromatic heterocycles. The van der Waals surface area contributed by atoms with E-state index >= 15 is 0 Å². The lowest BCUT2D eigenvalue weighted by atomic mass is 9.71. The van der Waals surface area contributed by atoms with Crippen molar-refractivity contribution < 1.29 is 9.59 Å². The molecule has 2 rings (SSSR count). The van der Waals surface area contributed by atoms with E-state index in [-0.39, 0.29) is 11.3 Å². The number of hydrogen-bond acceptors (Lipinski definition) is 3. The number of benzene rings is 1. The highest BCUT2D eigenvalue weighted by atomic mass is 16.1. The average molecular weight is 317 g/mol. The molecular formula is C18H27N3O2. The number of amides is 2. The Morgan fingerprint density at radius 3 is 2.57 bits per heavy atom. The summed E-state index contributed by atoms with van der Waals surface area (Å²) in [4.78, 5) is 23.4. The summed E-state index contributed by atoms with van der Waals surface area (Å²) in [5.74, 6) is -0.360. The molecular weight excluding hydrogens is 290 g/mol. The fourth-order valence-electron chi connectivity index (χ4n) is 3.38. The van der Waals surface area contributed by atoms with Gasteiger partial charge in [0, 0.05) is 18.5 Å². The Labute approximate surface area is 137 Å². The summed E-state index contributed by atoms with van der Waals surface area (Å²) in [6, 6.07) is 7.21. The number of nitrogens with one attached hydrogen (secondary N) is 1. The minimum absolute atomic E-state index is 0.00574. The van der Waals surface area contributed by atoms with Gasteiger partial charge in [0.05, 0.1) is 0 Å². The van der Waals surface area contributed by atoms with Crippen molar-refractivity contribution in [2.24, 2.45) is 16.9 Å². The van der Waals surface area contributed by atoms with E-state index in [0.717, 1.165) is 18.4 Å². The zero-order valence-electron chi connectivity index (χ0n) is 13.6. The van der Waals surface area contributed by atoms with Crippen molar-refractivity contribution in [1.82, 2.24) is 5.32 Å². The molecule has 5 heteroatoms. The molecule has 0 saturated heterocycles. The molecule has 0 aliphatic heterocycles. The SMILES string of the molecule is NCC1(CC(=O)NCCc2cccc(C(N)=O)c2)CCCCC1. The summed E-state index contributed by atoms with van der Waals surface area (Å²) in [5, 5.41) is 2.98. The second kappa shape index (κ2) is 8.11. The van der Waals surface area contributed by atoms with E-state index in [2.05, 4.69) is 5.32 Å². The predicted octanol–water partition coefficient (Wildman–Crippen LogP) is 1.74. The van der Waals surface area contributed by atoms with Gasteiger partial charge in [-0.15, -0.1) is 0 Å². The fraction of sp³-hybridized carbons (Fsp3) is 0.556. The van der Waals surface area contributed by atoms with Crippen LogP contribution in [0.4, 0.5) is 0 Å². The van der Waals surface area contributed by atoms with Crippen molar-refractivity contribution in [2.45, 2.75) is 44.9 Å². The minimum atomic E-state index is -0.432. The van der Waals surface area contributed by atoms with E-state index in [4.69, 9.17) is 11.5 Å². The Morgan fingerprint density at radius 1 is 1.17 bits per heavy atom. The molecule has 5 nitrogen and oxygen atoms in total. The first-order valence-corrected chi connectivity index (χ1v) is 8.40. The van der Waals surface area contributed by atoms with Crippen LogP contribution in [0.15, 0.2) is 24.3 Å². The molecule has 126 valence electrons. The van der Waals surface area contributed by atoms with Crippen LogP contribution in [-0.2, 0) is 11.2 Å². The van der Waals surface area contributed by atoms with E-state index in [1.807, 2.05) is 12.1 Å². The number of hydrogen-bond donors (Lipinski definition) is 3. The third-order valence-electron chi connectivity index (χ3n) is 4.83. The quantitative estimate of drug-likeness (QED) is 0.714. The van der Waals surface area contributed by atoms with E-state index in [1.54, 1.807) is 12.1 Å². The van der Waals surface area contributed by atoms with Crippen LogP contribution in [0.1, 0.15) is 54.4 Å². The smallest absolute Gasteiger partial charge is 0.248 e. The summed E-state index contributed by atoms with van der Waals surface area (Å²) in [7, 11) is 0. The van der Waals surface area contributed by atoms with Crippen LogP contribution in [-0.4, -0.2) is 24.9 Å². The van der Waals surface area contributed by atoms with Gasteiger partial charge in [-0.25, -0.2) is 0 Å². The number of carbonyl (C=O) groups is 2. The van der Waals surface area contributed by atoms with Gasteiger partial charge in [0.1, 0.15) is 0 Å². The molecule has 0 heterocycles. The van der Waals surface area contributed by atoms with Gasteiger partial charge in [0.25, 0.3) is 0 Å². The van der Waals surface area contributed by atoms with Gasteiger partial charge in [-0.05, 0) is 48.9 Å². The first-order valence-electron chi connectivity index (χ1n) is 8.40. The Morgan fingerprint density at radius 2 is 1.91 bits per heavy atom. The summed E-state index contributed by atoms with van der Waals surface area (Å²) in [5.41, 5.74) is 12.7. The van der Waals surface area contributed by atoms with Gasteiger partial charge in [0.15, 0.2) is 0 Å². The topological polar surface area (TPSA) is 98.2 Å². The zero-order valence-corrected chi connectivity index (χ0v) is 13.6. The Balaban J connectivity index is 1.80. The summed E-state index contributed by atoms with van der Waals surface area (Å²) in [6.07, 6.45) is 6.90. The van der Waals surface area contributed by atoms with Crippen molar-refractivity contribution in [3.8, 4) is 0 Å². The van der Waals surface area contributed by atoms with Crippen molar-refractivity contribution in [1.29, 1.82) is 0 Å². The Hall–Kier alpha value is -1.88. The van der Waals surface area contributed by atoms with Crippen LogP contribution in [0, 0.1) is 5.41 Å². The number of rotatable bonds is 7. The highest BCUT2D eigenvalue weighted by Crippen LogP contribution is 2.38. The standard InChI is InChI=1S/C18H27N3O2/c19-13-18(8-2-1-3-9-18)12-16(22)21-10-7-14-5-4-6-15(11-14)17(20)23/h4-6,11H,1-3,7-10,12-13,19H2,(H2,20,23)(H,21,22). The minimum Gasteiger partial charge on any atom is -0.366 e. The van der Waals surface area contributed by atoms with Gasteiger partial charge in [0.2, 0.25) is 11.8 Å². The van der Waals surface area contributed by atoms with E-state index in [1.165, 1.54) is 19.3 Å². The molecule has 1 aliphatic rings. The maximum atomic E-state index is 12.2. The number of primary amides is 1. The molecule has 0 radical (unpaired) electrons. The first-order chi connectivity index (χ1) is 11.0. The zero-order chi connectivity index (χ0) is 16.7. The molecule has 0 unspecified atom stereocenters. The van der Waals surface area contributed by atoms with Gasteiger partial charge < -0.3 is 16.8 Å². The summed E-state index contributed by atoms with van der Waals surface area (Å²) < 4.78 is 0. The van der Waals surface area contributed by atoms with Crippen molar-refractivity contribution in [2.75, 3.05) is 13.1 Å². The maximum absolute atomic E-state index is 12.2. The number of nitrogens with two attached hydrogens (primary N) is 2. The van der Waals surface area contributed by atoms with Crippen LogP contribution in [0.3, 0.4) is 0 Å². The van der Waals surface area contributed by atoms with Gasteiger partial charge in [-0.1, -0.05) is 31.4 Å². The van der Waals surface area contributed by atoms with E-state index < -0.39 is 5.91 Å². The normalized spacial score (nSPS) is 16.7. The summed E-state index contributed by atoms with van der Waals surface area (Å²) >= 11 is 0. The monoisotopic (exact) mass is 317 g/mol. The second-order valence-electron chi connectivity index (χ2n) is 6.61. The second-order valence-corrected chi connectivity index (χ2v) is 6.61. The average Bonchev–Trinajstić information content (AvgIpc) is 2.56. The van der Waals surface area contributed by atoms with Gasteiger partial charge in [-0.3, -0.25) is 9.59 Å². The number of carbonyl (C=O) groups excluding carboxylic acids is 2. The predicted molar refractivity (Wildman–Crippen MR) is 90.9 cm³/mol. The highest BCUT2D eigenvalue weighted by molar-refractivity contribution is 5.92. The molecule has 1 aromatic rings. The molecule has 1 aliphatic carbocycles. The van der Waals surface area contributed by atoms with Crippen LogP contribution >= 0.6 is 0 Å². The van der Waals surface area contributed by atoms with Crippen molar-refractivity contribution in [3.05, 3.63) is 35.4 Å². The summed E-state index contributed by atoms with van der Waals surface area (Å²) in [6.45, 7) is 1.14. The molecule has 1 fully saturated rings. The lowest BCUT2D eigenvalue weighted by Gasteiger charge is -2.35. The van der Waals surface area contributed by atoms with Gasteiger partial charge >= 0.3 is 0 Å². The molecule has 5 N–H and O–H groups in total. The Kier molecular flexibility index (Phi) is 6.16. The highest BCUT2D eigenvalue weighted by Gasteiger charge is 2.32. The molecule has 0 bridgehead atoms. The van der Waals surface area contributed by atoms with E-state index in [0.29, 0.717) is 31.5 Å². The fourth-order valence-corrected chi connectivity index (χ4v) is 3.38. The van der Waals surface area contributed by atoms with Crippen LogP contribution in [0.2, 0.25) is 0 Å². The van der Waals surface area contributed by atoms with Crippen LogP contribution in [0.5, 0.6) is 0 Å². The molecule has 1 aromatic carbocycles. The van der Waals surface area contributed by atoms with Crippen LogP contribution < -0.4 is 16.8 Å². The third-order valence-corrected chi connectivity index (χ3v) is 4.83. The van der Waals surface area contributed by atoms with E-state index in [9.17, 15) is 9.59 Å². The molecule has 1 saturated carbocycles. The van der Waals surface area contributed by atoms with Crippen molar-refractivity contribution in [3.63, 3.8) is 0 Å². The molecule has 23 heavy (non-hydrogen) atoms. The van der Waals surface area contributed by atoms with Gasteiger partial charge in [-0.2, -0.15) is 0 Å². The third kappa shape index (κ3) is 5.06. The lowest BCUT2D eigenvalue weighted by Crippen LogP contribution is -2.39. The van der Waals surface area contributed by atoms with Crippen LogP contribution in [0.25, 0.3) is 0 Å². The lowest BCUT2D eigenvalue weighted by molar-refractivity contribution is -0.123. The molecule has 0 atom stereocenters. The molecule has 2 amide bonds. The maximum Gasteiger partial charge on any atom is 0.248 e. The molecule has 0 spiro atoms.